The van der Waals surface area contributed by atoms with Crippen LogP contribution in [0.5, 0.6) is 5.75 Å². The van der Waals surface area contributed by atoms with Crippen molar-refractivity contribution in [2.45, 2.75) is 17.9 Å². The monoisotopic (exact) mass is 379 g/mol. The van der Waals surface area contributed by atoms with Gasteiger partial charge >= 0.3 is 0 Å². The molecule has 6 nitrogen and oxygen atoms in total. The zero-order valence-corrected chi connectivity index (χ0v) is 15.3. The number of anilines is 1. The van der Waals surface area contributed by atoms with Gasteiger partial charge in [0, 0.05) is 6.20 Å². The van der Waals surface area contributed by atoms with Gasteiger partial charge in [-0.1, -0.05) is 36.4 Å². The first-order valence-electron chi connectivity index (χ1n) is 8.19. The summed E-state index contributed by atoms with van der Waals surface area (Å²) in [5, 5.41) is 8.97. The van der Waals surface area contributed by atoms with Gasteiger partial charge < -0.3 is 4.74 Å². The van der Waals surface area contributed by atoms with Crippen molar-refractivity contribution in [2.75, 3.05) is 4.72 Å². The van der Waals surface area contributed by atoms with Crippen LogP contribution in [0.3, 0.4) is 0 Å². The highest BCUT2D eigenvalue weighted by Crippen LogP contribution is 2.29. The lowest BCUT2D eigenvalue weighted by Gasteiger charge is -2.17. The predicted molar refractivity (Wildman–Crippen MR) is 102 cm³/mol. The first kappa shape index (κ1) is 18.4. The Morgan fingerprint density at radius 1 is 1.07 bits per heavy atom. The van der Waals surface area contributed by atoms with E-state index in [2.05, 4.69) is 9.71 Å². The van der Waals surface area contributed by atoms with Crippen molar-refractivity contribution in [3.63, 3.8) is 0 Å². The third-order valence-corrected chi connectivity index (χ3v) is 5.18. The van der Waals surface area contributed by atoms with Gasteiger partial charge in [-0.3, -0.25) is 4.72 Å². The Bertz CT molecular complexity index is 1080. The van der Waals surface area contributed by atoms with Crippen LogP contribution in [-0.4, -0.2) is 13.4 Å². The van der Waals surface area contributed by atoms with E-state index in [4.69, 9.17) is 10.00 Å². The molecular weight excluding hydrogens is 362 g/mol. The Balaban J connectivity index is 1.86. The number of nitriles is 1. The molecule has 0 radical (unpaired) electrons. The normalized spacial score (nSPS) is 12.0. The van der Waals surface area contributed by atoms with Crippen LogP contribution in [0.4, 0.5) is 5.82 Å². The minimum absolute atomic E-state index is 0.0192. The summed E-state index contributed by atoms with van der Waals surface area (Å²) in [5.41, 5.74) is 1.21. The maximum absolute atomic E-state index is 12.7. The molecule has 27 heavy (non-hydrogen) atoms. The number of sulfonamides is 1. The Kier molecular flexibility index (Phi) is 5.38. The van der Waals surface area contributed by atoms with E-state index in [1.807, 2.05) is 43.3 Å². The topological polar surface area (TPSA) is 92.1 Å². The number of pyridine rings is 1. The first-order valence-corrected chi connectivity index (χ1v) is 9.67. The van der Waals surface area contributed by atoms with Gasteiger partial charge in [0.05, 0.1) is 16.5 Å². The van der Waals surface area contributed by atoms with E-state index in [0.29, 0.717) is 5.75 Å². The van der Waals surface area contributed by atoms with E-state index in [1.165, 1.54) is 30.5 Å². The molecule has 0 fully saturated rings. The molecule has 1 atom stereocenters. The summed E-state index contributed by atoms with van der Waals surface area (Å²) < 4.78 is 33.7. The molecule has 3 aromatic rings. The van der Waals surface area contributed by atoms with E-state index in [1.54, 1.807) is 12.1 Å². The van der Waals surface area contributed by atoms with E-state index in [9.17, 15) is 8.42 Å². The molecule has 1 heterocycles. The van der Waals surface area contributed by atoms with Crippen molar-refractivity contribution < 1.29 is 13.2 Å². The average Bonchev–Trinajstić information content (AvgIpc) is 2.70. The average molecular weight is 379 g/mol. The van der Waals surface area contributed by atoms with Gasteiger partial charge in [-0.2, -0.15) is 5.26 Å². The summed E-state index contributed by atoms with van der Waals surface area (Å²) in [6.07, 6.45) is 1.18. The Morgan fingerprint density at radius 2 is 1.85 bits per heavy atom. The molecule has 0 saturated heterocycles. The van der Waals surface area contributed by atoms with Crippen molar-refractivity contribution in [2.24, 2.45) is 0 Å². The number of aromatic nitrogens is 1. The van der Waals surface area contributed by atoms with Crippen molar-refractivity contribution in [3.8, 4) is 11.8 Å². The van der Waals surface area contributed by atoms with Crippen LogP contribution in [-0.2, 0) is 10.0 Å². The molecule has 0 amide bonds. The fourth-order valence-corrected chi connectivity index (χ4v) is 3.53. The summed E-state index contributed by atoms with van der Waals surface area (Å²) in [6, 6.07) is 20.6. The SMILES string of the molecule is C[C@H](Oc1cccnc1NS(=O)(=O)c1cccc(C#N)c1)c1ccccc1. The molecular formula is C20H17N3O3S. The zero-order valence-electron chi connectivity index (χ0n) is 14.5. The van der Waals surface area contributed by atoms with E-state index in [-0.39, 0.29) is 22.4 Å². The largest absolute Gasteiger partial charge is 0.482 e. The Morgan fingerprint density at radius 3 is 2.59 bits per heavy atom. The van der Waals surface area contributed by atoms with Gasteiger partial charge in [0.25, 0.3) is 10.0 Å². The Hall–Kier alpha value is -3.37. The van der Waals surface area contributed by atoms with Gasteiger partial charge in [0.15, 0.2) is 11.6 Å². The third-order valence-electron chi connectivity index (χ3n) is 3.85. The molecule has 136 valence electrons. The lowest BCUT2D eigenvalue weighted by Crippen LogP contribution is -2.15. The first-order chi connectivity index (χ1) is 13.0. The molecule has 0 spiro atoms. The second kappa shape index (κ2) is 7.89. The number of nitrogens with zero attached hydrogens (tertiary/aromatic N) is 2. The quantitative estimate of drug-likeness (QED) is 0.701. The zero-order chi connectivity index (χ0) is 19.3. The minimum Gasteiger partial charge on any atom is -0.482 e. The molecule has 0 aliphatic heterocycles. The minimum atomic E-state index is -3.91. The van der Waals surface area contributed by atoms with Crippen molar-refractivity contribution in [3.05, 3.63) is 84.1 Å². The standard InChI is InChI=1S/C20H17N3O3S/c1-15(17-8-3-2-4-9-17)26-19-11-6-12-22-20(19)23-27(24,25)18-10-5-7-16(13-18)14-21/h2-13,15H,1H3,(H,22,23)/t15-/m0/s1. The van der Waals surface area contributed by atoms with Gasteiger partial charge in [-0.15, -0.1) is 0 Å². The number of benzene rings is 2. The molecule has 0 unspecified atom stereocenters. The summed E-state index contributed by atoms with van der Waals surface area (Å²) in [5.74, 6) is 0.400. The third kappa shape index (κ3) is 4.43. The second-order valence-electron chi connectivity index (χ2n) is 5.77. The lowest BCUT2D eigenvalue weighted by atomic mass is 10.1. The maximum atomic E-state index is 12.7. The maximum Gasteiger partial charge on any atom is 0.263 e. The highest BCUT2D eigenvalue weighted by atomic mass is 32.2. The van der Waals surface area contributed by atoms with Crippen LogP contribution in [0.1, 0.15) is 24.2 Å². The van der Waals surface area contributed by atoms with Crippen molar-refractivity contribution in [1.82, 2.24) is 4.98 Å². The van der Waals surface area contributed by atoms with Crippen LogP contribution >= 0.6 is 0 Å². The van der Waals surface area contributed by atoms with Crippen molar-refractivity contribution >= 4 is 15.8 Å². The van der Waals surface area contributed by atoms with Crippen LogP contribution in [0.15, 0.2) is 77.8 Å². The lowest BCUT2D eigenvalue weighted by molar-refractivity contribution is 0.227. The fourth-order valence-electron chi connectivity index (χ4n) is 2.46. The summed E-state index contributed by atoms with van der Waals surface area (Å²) in [7, 11) is -3.91. The van der Waals surface area contributed by atoms with Gasteiger partial charge in [-0.05, 0) is 42.8 Å². The Labute approximate surface area is 158 Å². The smallest absolute Gasteiger partial charge is 0.263 e. The summed E-state index contributed by atoms with van der Waals surface area (Å²) in [4.78, 5) is 4.08. The molecule has 7 heteroatoms. The van der Waals surface area contributed by atoms with Crippen LogP contribution < -0.4 is 9.46 Å². The van der Waals surface area contributed by atoms with E-state index in [0.717, 1.165) is 5.56 Å². The number of hydrogen-bond donors (Lipinski definition) is 1. The van der Waals surface area contributed by atoms with Gasteiger partial charge in [0.2, 0.25) is 0 Å². The van der Waals surface area contributed by atoms with Gasteiger partial charge in [0.1, 0.15) is 6.10 Å². The van der Waals surface area contributed by atoms with Crippen LogP contribution in [0.25, 0.3) is 0 Å². The highest BCUT2D eigenvalue weighted by molar-refractivity contribution is 7.92. The fraction of sp³-hybridized carbons (Fsp3) is 0.100. The van der Waals surface area contributed by atoms with E-state index < -0.39 is 10.0 Å². The molecule has 1 N–H and O–H groups in total. The molecule has 2 aromatic carbocycles. The highest BCUT2D eigenvalue weighted by Gasteiger charge is 2.19. The molecule has 0 saturated carbocycles. The predicted octanol–water partition coefficient (Wildman–Crippen LogP) is 3.89. The number of hydrogen-bond acceptors (Lipinski definition) is 5. The molecule has 0 aliphatic rings. The number of nitrogens with one attached hydrogen (secondary N) is 1. The number of ether oxygens (including phenoxy) is 1. The number of rotatable bonds is 6. The molecule has 1 aromatic heterocycles. The van der Waals surface area contributed by atoms with Crippen molar-refractivity contribution in [1.29, 1.82) is 5.26 Å². The van der Waals surface area contributed by atoms with Crippen LogP contribution in [0, 0.1) is 11.3 Å². The molecule has 3 rings (SSSR count). The molecule has 0 aliphatic carbocycles. The van der Waals surface area contributed by atoms with Gasteiger partial charge in [-0.25, -0.2) is 13.4 Å². The summed E-state index contributed by atoms with van der Waals surface area (Å²) in [6.45, 7) is 1.87. The molecule has 0 bridgehead atoms. The summed E-state index contributed by atoms with van der Waals surface area (Å²) >= 11 is 0. The van der Waals surface area contributed by atoms with Crippen LogP contribution in [0.2, 0.25) is 0 Å². The second-order valence-corrected chi connectivity index (χ2v) is 7.45. The van der Waals surface area contributed by atoms with E-state index >= 15 is 0 Å².